The van der Waals surface area contributed by atoms with Gasteiger partial charge in [-0.05, 0) is 30.7 Å². The van der Waals surface area contributed by atoms with E-state index in [9.17, 15) is 9.18 Å². The number of nitrogens with one attached hydrogen (secondary N) is 1. The molecule has 2 aromatic rings. The zero-order chi connectivity index (χ0) is 15.6. The molecule has 110 valence electrons. The number of carbonyl (C=O) groups excluding carboxylic acids is 1. The van der Waals surface area contributed by atoms with Gasteiger partial charge in [0.2, 0.25) is 0 Å². The molecule has 2 rings (SSSR count). The molecule has 0 radical (unpaired) electrons. The summed E-state index contributed by atoms with van der Waals surface area (Å²) in [6.07, 6.45) is 0. The number of hydrogen-bond acceptors (Lipinski definition) is 1. The van der Waals surface area contributed by atoms with E-state index in [0.29, 0.717) is 5.02 Å². The maximum atomic E-state index is 13.5. The monoisotopic (exact) mass is 345 g/mol. The van der Waals surface area contributed by atoms with E-state index in [1.807, 2.05) is 6.07 Å². The standard InChI is InChI=1S/C15H11Cl3FNO/c1-8(9-4-2-3-5-11(9)16)20-15(21)10-6-14(19)13(18)7-12(10)17/h2-8H,1H3,(H,20,21). The van der Waals surface area contributed by atoms with Gasteiger partial charge in [0.05, 0.1) is 21.7 Å². The summed E-state index contributed by atoms with van der Waals surface area (Å²) in [5.41, 5.74) is 0.788. The molecule has 2 aromatic carbocycles. The number of hydrogen-bond donors (Lipinski definition) is 1. The molecule has 1 unspecified atom stereocenters. The largest absolute Gasteiger partial charge is 0.345 e. The molecular weight excluding hydrogens is 336 g/mol. The van der Waals surface area contributed by atoms with Crippen LogP contribution >= 0.6 is 34.8 Å². The van der Waals surface area contributed by atoms with Gasteiger partial charge >= 0.3 is 0 Å². The lowest BCUT2D eigenvalue weighted by Gasteiger charge is -2.16. The molecule has 0 aliphatic rings. The predicted molar refractivity (Wildman–Crippen MR) is 83.8 cm³/mol. The van der Waals surface area contributed by atoms with Gasteiger partial charge in [0.25, 0.3) is 5.91 Å². The first-order valence-corrected chi connectivity index (χ1v) is 7.23. The van der Waals surface area contributed by atoms with Crippen molar-refractivity contribution in [2.45, 2.75) is 13.0 Å². The zero-order valence-electron chi connectivity index (χ0n) is 11.0. The average molecular weight is 347 g/mol. The van der Waals surface area contributed by atoms with Crippen LogP contribution in [-0.2, 0) is 0 Å². The third-order valence-corrected chi connectivity index (χ3v) is 3.92. The highest BCUT2D eigenvalue weighted by Crippen LogP contribution is 2.26. The molecule has 1 atom stereocenters. The quantitative estimate of drug-likeness (QED) is 0.753. The molecule has 0 spiro atoms. The van der Waals surface area contributed by atoms with Crippen LogP contribution in [0, 0.1) is 5.82 Å². The van der Waals surface area contributed by atoms with Crippen LogP contribution in [0.3, 0.4) is 0 Å². The second-order valence-corrected chi connectivity index (χ2v) is 5.68. The van der Waals surface area contributed by atoms with Crippen molar-refractivity contribution < 1.29 is 9.18 Å². The Balaban J connectivity index is 2.22. The number of rotatable bonds is 3. The van der Waals surface area contributed by atoms with E-state index >= 15 is 0 Å². The van der Waals surface area contributed by atoms with E-state index < -0.39 is 11.7 Å². The second kappa shape index (κ2) is 6.65. The topological polar surface area (TPSA) is 29.1 Å². The fourth-order valence-corrected chi connectivity index (χ4v) is 2.64. The molecule has 1 amide bonds. The second-order valence-electron chi connectivity index (χ2n) is 4.46. The minimum absolute atomic E-state index is 0.0254. The third kappa shape index (κ3) is 3.67. The Morgan fingerprint density at radius 3 is 2.43 bits per heavy atom. The van der Waals surface area contributed by atoms with E-state index in [-0.39, 0.29) is 21.7 Å². The van der Waals surface area contributed by atoms with Crippen molar-refractivity contribution in [1.29, 1.82) is 0 Å². The van der Waals surface area contributed by atoms with Crippen LogP contribution in [0.25, 0.3) is 0 Å². The van der Waals surface area contributed by atoms with Gasteiger partial charge in [0, 0.05) is 5.02 Å². The molecular formula is C15H11Cl3FNO. The van der Waals surface area contributed by atoms with Gasteiger partial charge in [0.15, 0.2) is 0 Å². The summed E-state index contributed by atoms with van der Waals surface area (Å²) < 4.78 is 13.5. The molecule has 0 aliphatic carbocycles. The lowest BCUT2D eigenvalue weighted by molar-refractivity contribution is 0.0939. The summed E-state index contributed by atoms with van der Waals surface area (Å²) in [5.74, 6) is -1.19. The van der Waals surface area contributed by atoms with Crippen LogP contribution in [0.1, 0.15) is 28.9 Å². The van der Waals surface area contributed by atoms with E-state index in [4.69, 9.17) is 34.8 Å². The molecule has 2 nitrogen and oxygen atoms in total. The highest BCUT2D eigenvalue weighted by atomic mass is 35.5. The van der Waals surface area contributed by atoms with Crippen molar-refractivity contribution in [2.24, 2.45) is 0 Å². The fourth-order valence-electron chi connectivity index (χ4n) is 1.87. The minimum atomic E-state index is -0.698. The van der Waals surface area contributed by atoms with Gasteiger partial charge in [-0.2, -0.15) is 0 Å². The molecule has 0 aliphatic heterocycles. The lowest BCUT2D eigenvalue weighted by atomic mass is 10.1. The van der Waals surface area contributed by atoms with Crippen LogP contribution < -0.4 is 5.32 Å². The van der Waals surface area contributed by atoms with Crippen molar-refractivity contribution >= 4 is 40.7 Å². The van der Waals surface area contributed by atoms with Crippen LogP contribution in [-0.4, -0.2) is 5.91 Å². The number of halogens is 4. The van der Waals surface area contributed by atoms with Gasteiger partial charge in [0.1, 0.15) is 5.82 Å². The average Bonchev–Trinajstić information content (AvgIpc) is 2.43. The number of carbonyl (C=O) groups is 1. The van der Waals surface area contributed by atoms with Crippen LogP contribution in [0.5, 0.6) is 0 Å². The summed E-state index contributed by atoms with van der Waals surface area (Å²) in [5, 5.41) is 3.22. The Labute approximate surface area is 136 Å². The van der Waals surface area contributed by atoms with Gasteiger partial charge in [-0.15, -0.1) is 0 Å². The Bertz CT molecular complexity index is 691. The summed E-state index contributed by atoms with van der Waals surface area (Å²) in [6.45, 7) is 1.78. The minimum Gasteiger partial charge on any atom is -0.345 e. The maximum absolute atomic E-state index is 13.5. The molecule has 0 bridgehead atoms. The fraction of sp³-hybridized carbons (Fsp3) is 0.133. The van der Waals surface area contributed by atoms with Crippen molar-refractivity contribution in [3.05, 3.63) is 68.4 Å². The van der Waals surface area contributed by atoms with Crippen molar-refractivity contribution in [3.63, 3.8) is 0 Å². The van der Waals surface area contributed by atoms with Gasteiger partial charge in [-0.3, -0.25) is 4.79 Å². The zero-order valence-corrected chi connectivity index (χ0v) is 13.2. The summed E-state index contributed by atoms with van der Waals surface area (Å²) >= 11 is 17.6. The summed E-state index contributed by atoms with van der Waals surface area (Å²) in [4.78, 5) is 12.2. The van der Waals surface area contributed by atoms with Gasteiger partial charge in [-0.25, -0.2) is 4.39 Å². The van der Waals surface area contributed by atoms with Crippen LogP contribution in [0.2, 0.25) is 15.1 Å². The Hall–Kier alpha value is -1.29. The summed E-state index contributed by atoms with van der Waals surface area (Å²) in [6, 6.07) is 9.02. The van der Waals surface area contributed by atoms with Crippen LogP contribution in [0.15, 0.2) is 36.4 Å². The molecule has 0 fully saturated rings. The Kier molecular flexibility index (Phi) is 5.09. The molecule has 1 N–H and O–H groups in total. The maximum Gasteiger partial charge on any atom is 0.253 e. The highest BCUT2D eigenvalue weighted by molar-refractivity contribution is 6.36. The third-order valence-electron chi connectivity index (χ3n) is 2.97. The van der Waals surface area contributed by atoms with Crippen molar-refractivity contribution in [1.82, 2.24) is 5.32 Å². The first-order chi connectivity index (χ1) is 9.90. The molecule has 0 saturated carbocycles. The normalized spacial score (nSPS) is 12.0. The first kappa shape index (κ1) is 16.1. The van der Waals surface area contributed by atoms with Gasteiger partial charge in [-0.1, -0.05) is 53.0 Å². The number of benzene rings is 2. The van der Waals surface area contributed by atoms with Crippen LogP contribution in [0.4, 0.5) is 4.39 Å². The predicted octanol–water partition coefficient (Wildman–Crippen LogP) is 5.28. The smallest absolute Gasteiger partial charge is 0.253 e. The van der Waals surface area contributed by atoms with Gasteiger partial charge < -0.3 is 5.32 Å². The summed E-state index contributed by atoms with van der Waals surface area (Å²) in [7, 11) is 0. The SMILES string of the molecule is CC(NC(=O)c1cc(F)c(Cl)cc1Cl)c1ccccc1Cl. The molecule has 21 heavy (non-hydrogen) atoms. The highest BCUT2D eigenvalue weighted by Gasteiger charge is 2.17. The van der Waals surface area contributed by atoms with E-state index in [1.165, 1.54) is 6.07 Å². The van der Waals surface area contributed by atoms with E-state index in [0.717, 1.165) is 11.6 Å². The van der Waals surface area contributed by atoms with Crippen molar-refractivity contribution in [3.8, 4) is 0 Å². The first-order valence-electron chi connectivity index (χ1n) is 6.10. The Morgan fingerprint density at radius 2 is 1.76 bits per heavy atom. The Morgan fingerprint density at radius 1 is 1.10 bits per heavy atom. The van der Waals surface area contributed by atoms with E-state index in [1.54, 1.807) is 25.1 Å². The molecule has 0 aromatic heterocycles. The molecule has 0 heterocycles. The van der Waals surface area contributed by atoms with Crippen molar-refractivity contribution in [2.75, 3.05) is 0 Å². The lowest BCUT2D eigenvalue weighted by Crippen LogP contribution is -2.27. The molecule has 0 saturated heterocycles. The number of amides is 1. The molecule has 6 heteroatoms. The van der Waals surface area contributed by atoms with E-state index in [2.05, 4.69) is 5.32 Å².